The Morgan fingerprint density at radius 2 is 1.87 bits per heavy atom. The average Bonchev–Trinajstić information content (AvgIpc) is 2.15. The minimum atomic E-state index is -4.77. The lowest BCUT2D eigenvalue weighted by atomic mass is 9.92. The van der Waals surface area contributed by atoms with E-state index in [1.165, 1.54) is 0 Å². The van der Waals surface area contributed by atoms with Crippen LogP contribution in [0.15, 0.2) is 0 Å². The van der Waals surface area contributed by atoms with Crippen molar-refractivity contribution in [2.24, 2.45) is 5.73 Å². The minimum Gasteiger partial charge on any atom is -0.467 e. The third-order valence-corrected chi connectivity index (χ3v) is 2.23. The van der Waals surface area contributed by atoms with E-state index in [9.17, 15) is 18.0 Å². The zero-order valence-corrected chi connectivity index (χ0v) is 8.86. The third kappa shape index (κ3) is 3.37. The SMILES string of the molecule is CCCCCC(N)(C(=O)OC)C(F)(F)F. The lowest BCUT2D eigenvalue weighted by Crippen LogP contribution is -2.60. The number of ether oxygens (including phenoxy) is 1. The number of alkyl halides is 3. The minimum absolute atomic E-state index is 0.252. The number of unbranched alkanes of at least 4 members (excludes halogenated alkanes) is 2. The Morgan fingerprint density at radius 3 is 2.20 bits per heavy atom. The highest BCUT2D eigenvalue weighted by Gasteiger charge is 2.58. The molecule has 15 heavy (non-hydrogen) atoms. The smallest absolute Gasteiger partial charge is 0.417 e. The van der Waals surface area contributed by atoms with Gasteiger partial charge in [0.25, 0.3) is 0 Å². The molecule has 0 bridgehead atoms. The number of nitrogens with two attached hydrogens (primary N) is 1. The summed E-state index contributed by atoms with van der Waals surface area (Å²) in [5.41, 5.74) is 2.21. The van der Waals surface area contributed by atoms with E-state index in [-0.39, 0.29) is 6.42 Å². The molecule has 0 amide bonds. The van der Waals surface area contributed by atoms with Crippen molar-refractivity contribution in [3.8, 4) is 0 Å². The molecule has 0 aromatic heterocycles. The lowest BCUT2D eigenvalue weighted by Gasteiger charge is -2.28. The van der Waals surface area contributed by atoms with Gasteiger partial charge in [0.1, 0.15) is 0 Å². The van der Waals surface area contributed by atoms with Crippen LogP contribution >= 0.6 is 0 Å². The largest absolute Gasteiger partial charge is 0.467 e. The maximum absolute atomic E-state index is 12.5. The highest BCUT2D eigenvalue weighted by molar-refractivity contribution is 5.81. The predicted octanol–water partition coefficient (Wildman–Crippen LogP) is 2.00. The van der Waals surface area contributed by atoms with Crippen molar-refractivity contribution in [1.29, 1.82) is 0 Å². The quantitative estimate of drug-likeness (QED) is 0.577. The molecule has 0 rings (SSSR count). The first-order valence-corrected chi connectivity index (χ1v) is 4.73. The summed E-state index contributed by atoms with van der Waals surface area (Å²) in [6, 6.07) is 0. The molecule has 0 aromatic carbocycles. The molecule has 0 aromatic rings. The third-order valence-electron chi connectivity index (χ3n) is 2.23. The number of esters is 1. The molecule has 2 N–H and O–H groups in total. The van der Waals surface area contributed by atoms with Gasteiger partial charge in [0.15, 0.2) is 0 Å². The Labute approximate surface area is 86.8 Å². The molecule has 0 heterocycles. The van der Waals surface area contributed by atoms with Crippen LogP contribution in [0.3, 0.4) is 0 Å². The van der Waals surface area contributed by atoms with Crippen LogP contribution in [-0.4, -0.2) is 24.8 Å². The number of carbonyl (C=O) groups excluding carboxylic acids is 1. The van der Waals surface area contributed by atoms with Crippen molar-refractivity contribution < 1.29 is 22.7 Å². The van der Waals surface area contributed by atoms with Gasteiger partial charge in [-0.05, 0) is 6.42 Å². The molecule has 0 aliphatic carbocycles. The van der Waals surface area contributed by atoms with E-state index in [2.05, 4.69) is 4.74 Å². The van der Waals surface area contributed by atoms with Crippen molar-refractivity contribution in [1.82, 2.24) is 0 Å². The summed E-state index contributed by atoms with van der Waals surface area (Å²) in [5, 5.41) is 0. The zero-order valence-electron chi connectivity index (χ0n) is 8.86. The molecule has 0 radical (unpaired) electrons. The van der Waals surface area contributed by atoms with E-state index in [0.29, 0.717) is 6.42 Å². The van der Waals surface area contributed by atoms with Crippen LogP contribution in [-0.2, 0) is 9.53 Å². The summed E-state index contributed by atoms with van der Waals surface area (Å²) in [7, 11) is 0.898. The molecule has 0 saturated heterocycles. The average molecular weight is 227 g/mol. The second-order valence-electron chi connectivity index (χ2n) is 3.42. The maximum atomic E-state index is 12.5. The molecule has 0 spiro atoms. The summed E-state index contributed by atoms with van der Waals surface area (Å²) in [6.07, 6.45) is -3.59. The molecule has 0 aliphatic rings. The highest BCUT2D eigenvalue weighted by atomic mass is 19.4. The Balaban J connectivity index is 4.64. The summed E-state index contributed by atoms with van der Waals surface area (Å²) in [5.74, 6) is -1.42. The fourth-order valence-electron chi connectivity index (χ4n) is 1.20. The number of carbonyl (C=O) groups is 1. The van der Waals surface area contributed by atoms with Crippen LogP contribution in [0.25, 0.3) is 0 Å². The first-order valence-electron chi connectivity index (χ1n) is 4.73. The Morgan fingerprint density at radius 1 is 1.33 bits per heavy atom. The van der Waals surface area contributed by atoms with Gasteiger partial charge >= 0.3 is 12.1 Å². The fourth-order valence-corrected chi connectivity index (χ4v) is 1.20. The van der Waals surface area contributed by atoms with E-state index >= 15 is 0 Å². The standard InChI is InChI=1S/C9H16F3NO2/c1-3-4-5-6-8(13,7(14)15-2)9(10,11)12/h3-6,13H2,1-2H3. The van der Waals surface area contributed by atoms with Gasteiger partial charge in [-0.25, -0.2) is 4.79 Å². The van der Waals surface area contributed by atoms with Crippen molar-refractivity contribution >= 4 is 5.97 Å². The van der Waals surface area contributed by atoms with Crippen LogP contribution < -0.4 is 5.73 Å². The van der Waals surface area contributed by atoms with Crippen LogP contribution in [0.1, 0.15) is 32.6 Å². The van der Waals surface area contributed by atoms with Crippen molar-refractivity contribution in [3.63, 3.8) is 0 Å². The van der Waals surface area contributed by atoms with Crippen LogP contribution in [0.4, 0.5) is 13.2 Å². The summed E-state index contributed by atoms with van der Waals surface area (Å²) < 4.78 is 41.7. The predicted molar refractivity (Wildman–Crippen MR) is 49.1 cm³/mol. The monoisotopic (exact) mass is 227 g/mol. The van der Waals surface area contributed by atoms with Gasteiger partial charge in [-0.2, -0.15) is 13.2 Å². The summed E-state index contributed by atoms with van der Waals surface area (Å²) >= 11 is 0. The van der Waals surface area contributed by atoms with Crippen LogP contribution in [0, 0.1) is 0 Å². The number of methoxy groups -OCH3 is 1. The van der Waals surface area contributed by atoms with Crippen LogP contribution in [0.2, 0.25) is 0 Å². The zero-order chi connectivity index (χ0) is 12.1. The Bertz CT molecular complexity index is 218. The van der Waals surface area contributed by atoms with Crippen molar-refractivity contribution in [2.75, 3.05) is 7.11 Å². The first-order chi connectivity index (χ1) is 6.79. The van der Waals surface area contributed by atoms with E-state index in [0.717, 1.165) is 13.5 Å². The van der Waals surface area contributed by atoms with Gasteiger partial charge < -0.3 is 10.5 Å². The maximum Gasteiger partial charge on any atom is 0.417 e. The van der Waals surface area contributed by atoms with Crippen molar-refractivity contribution in [3.05, 3.63) is 0 Å². The van der Waals surface area contributed by atoms with E-state index in [1.54, 1.807) is 0 Å². The van der Waals surface area contributed by atoms with Gasteiger partial charge in [-0.15, -0.1) is 0 Å². The first kappa shape index (κ1) is 14.2. The molecule has 1 unspecified atom stereocenters. The number of hydrogen-bond donors (Lipinski definition) is 1. The number of hydrogen-bond acceptors (Lipinski definition) is 3. The highest BCUT2D eigenvalue weighted by Crippen LogP contribution is 2.33. The molecule has 3 nitrogen and oxygen atoms in total. The Kier molecular flexibility index (Phi) is 5.07. The molecular weight excluding hydrogens is 211 g/mol. The van der Waals surface area contributed by atoms with Gasteiger partial charge in [0, 0.05) is 0 Å². The second kappa shape index (κ2) is 5.34. The molecule has 1 atom stereocenters. The molecule has 0 fully saturated rings. The van der Waals surface area contributed by atoms with E-state index in [1.807, 2.05) is 6.92 Å². The second-order valence-corrected chi connectivity index (χ2v) is 3.42. The molecule has 90 valence electrons. The van der Waals surface area contributed by atoms with Gasteiger partial charge in [0.05, 0.1) is 7.11 Å². The lowest BCUT2D eigenvalue weighted by molar-refractivity contribution is -0.205. The molecular formula is C9H16F3NO2. The Hall–Kier alpha value is -0.780. The molecule has 0 saturated carbocycles. The summed E-state index contributed by atoms with van der Waals surface area (Å²) in [6.45, 7) is 1.85. The van der Waals surface area contributed by atoms with E-state index < -0.39 is 24.1 Å². The van der Waals surface area contributed by atoms with E-state index in [4.69, 9.17) is 5.73 Å². The van der Waals surface area contributed by atoms with Crippen LogP contribution in [0.5, 0.6) is 0 Å². The normalized spacial score (nSPS) is 15.9. The number of rotatable bonds is 5. The molecule has 0 aliphatic heterocycles. The topological polar surface area (TPSA) is 52.3 Å². The molecule has 6 heteroatoms. The van der Waals surface area contributed by atoms with Gasteiger partial charge in [0.2, 0.25) is 5.54 Å². The number of halogens is 3. The summed E-state index contributed by atoms with van der Waals surface area (Å²) in [4.78, 5) is 11.0. The fraction of sp³-hybridized carbons (Fsp3) is 0.889. The van der Waals surface area contributed by atoms with Crippen molar-refractivity contribution in [2.45, 2.75) is 44.3 Å². The van der Waals surface area contributed by atoms with Gasteiger partial charge in [-0.3, -0.25) is 0 Å². The van der Waals surface area contributed by atoms with Gasteiger partial charge in [-0.1, -0.05) is 26.2 Å².